The number of nitrogens with two attached hydrogens (primary N) is 1. The molecule has 21 heavy (non-hydrogen) atoms. The number of morpholine rings is 1. The Hall–Kier alpha value is -1.14. The molecule has 1 heterocycles. The predicted octanol–water partition coefficient (Wildman–Crippen LogP) is 1.18. The number of amides is 1. The quantitative estimate of drug-likeness (QED) is 0.857. The maximum absolute atomic E-state index is 12.2. The molecule has 1 aromatic carbocycles. The molecule has 2 atom stereocenters. The van der Waals surface area contributed by atoms with Gasteiger partial charge in [0.1, 0.15) is 6.04 Å². The zero-order valence-electron chi connectivity index (χ0n) is 12.2. The summed E-state index contributed by atoms with van der Waals surface area (Å²) in [7, 11) is 0. The van der Waals surface area contributed by atoms with E-state index in [1.165, 1.54) is 0 Å². The lowest BCUT2D eigenvalue weighted by Gasteiger charge is -2.39. The summed E-state index contributed by atoms with van der Waals surface area (Å²) in [6, 6.07) is 7.30. The third kappa shape index (κ3) is 3.95. The van der Waals surface area contributed by atoms with Gasteiger partial charge in [0.25, 0.3) is 0 Å². The fourth-order valence-corrected chi connectivity index (χ4v) is 2.78. The summed E-state index contributed by atoms with van der Waals surface area (Å²) < 4.78 is 5.47. The van der Waals surface area contributed by atoms with Crippen LogP contribution in [0.5, 0.6) is 0 Å². The molecule has 1 saturated heterocycles. The van der Waals surface area contributed by atoms with Gasteiger partial charge in [-0.05, 0) is 24.6 Å². The topological polar surface area (TPSA) is 67.6 Å². The Bertz CT molecular complexity index is 466. The van der Waals surface area contributed by atoms with Crippen LogP contribution in [0, 0.1) is 0 Å². The molecule has 0 saturated carbocycles. The Kier molecular flexibility index (Phi) is 5.99. The van der Waals surface area contributed by atoms with E-state index < -0.39 is 0 Å². The molecular formula is C15H22ClN3O2. The van der Waals surface area contributed by atoms with Crippen LogP contribution in [-0.4, -0.2) is 49.7 Å². The summed E-state index contributed by atoms with van der Waals surface area (Å²) in [5.41, 5.74) is 7.03. The minimum atomic E-state index is -0.303. The third-order valence-corrected chi connectivity index (χ3v) is 3.95. The fraction of sp³-hybridized carbons (Fsp3) is 0.533. The molecule has 1 aromatic rings. The van der Waals surface area contributed by atoms with Crippen molar-refractivity contribution >= 4 is 17.5 Å². The third-order valence-electron chi connectivity index (χ3n) is 3.70. The minimum Gasteiger partial charge on any atom is -0.378 e. The first-order chi connectivity index (χ1) is 10.2. The number of rotatable bonds is 5. The molecule has 1 amide bonds. The van der Waals surface area contributed by atoms with E-state index in [4.69, 9.17) is 22.1 Å². The predicted molar refractivity (Wildman–Crippen MR) is 83.2 cm³/mol. The molecule has 0 spiro atoms. The molecule has 0 aliphatic carbocycles. The Morgan fingerprint density at radius 3 is 2.86 bits per heavy atom. The van der Waals surface area contributed by atoms with Gasteiger partial charge in [0.2, 0.25) is 5.91 Å². The van der Waals surface area contributed by atoms with Crippen molar-refractivity contribution in [2.24, 2.45) is 5.73 Å². The summed E-state index contributed by atoms with van der Waals surface area (Å²) in [6.45, 7) is 4.66. The van der Waals surface area contributed by atoms with Crippen LogP contribution in [0.1, 0.15) is 18.5 Å². The highest BCUT2D eigenvalue weighted by atomic mass is 35.5. The van der Waals surface area contributed by atoms with Crippen molar-refractivity contribution in [3.8, 4) is 0 Å². The van der Waals surface area contributed by atoms with Crippen molar-refractivity contribution in [1.29, 1.82) is 0 Å². The molecule has 0 aromatic heterocycles. The lowest BCUT2D eigenvalue weighted by atomic mass is 10.0. The van der Waals surface area contributed by atoms with Gasteiger partial charge >= 0.3 is 0 Å². The average Bonchev–Trinajstić information content (AvgIpc) is 2.50. The van der Waals surface area contributed by atoms with E-state index in [9.17, 15) is 4.79 Å². The fourth-order valence-electron chi connectivity index (χ4n) is 2.66. The van der Waals surface area contributed by atoms with Crippen molar-refractivity contribution < 1.29 is 9.53 Å². The number of nitrogens with zero attached hydrogens (tertiary/aromatic N) is 1. The van der Waals surface area contributed by atoms with Crippen molar-refractivity contribution in [1.82, 2.24) is 10.2 Å². The molecule has 3 N–H and O–H groups in total. The molecule has 2 unspecified atom stereocenters. The van der Waals surface area contributed by atoms with E-state index in [-0.39, 0.29) is 18.0 Å². The van der Waals surface area contributed by atoms with Crippen LogP contribution < -0.4 is 11.1 Å². The number of benzene rings is 1. The number of carbonyl (C=O) groups excluding carboxylic acids is 1. The largest absolute Gasteiger partial charge is 0.378 e. The number of nitrogens with one attached hydrogen (secondary N) is 1. The second kappa shape index (κ2) is 7.75. The lowest BCUT2D eigenvalue weighted by Crippen LogP contribution is -2.55. The van der Waals surface area contributed by atoms with Crippen LogP contribution in [0.3, 0.4) is 0 Å². The van der Waals surface area contributed by atoms with Gasteiger partial charge in [-0.1, -0.05) is 23.7 Å². The highest BCUT2D eigenvalue weighted by Gasteiger charge is 2.34. The second-order valence-corrected chi connectivity index (χ2v) is 5.46. The highest BCUT2D eigenvalue weighted by Crippen LogP contribution is 2.25. The first kappa shape index (κ1) is 16.2. The van der Waals surface area contributed by atoms with E-state index in [1.807, 2.05) is 31.2 Å². The standard InChI is InChI=1S/C15H22ClN3O2/c1-2-18-15(20)14-10-21-8-7-19(14)13(9-17)11-3-5-12(16)6-4-11/h3-6,13-14H,2,7-10,17H2,1H3,(H,18,20). The number of hydrogen-bond donors (Lipinski definition) is 2. The number of halogens is 1. The van der Waals surface area contributed by atoms with Gasteiger partial charge in [-0.15, -0.1) is 0 Å². The van der Waals surface area contributed by atoms with Gasteiger partial charge in [-0.25, -0.2) is 0 Å². The van der Waals surface area contributed by atoms with Gasteiger partial charge in [-0.2, -0.15) is 0 Å². The van der Waals surface area contributed by atoms with E-state index in [2.05, 4.69) is 10.2 Å². The van der Waals surface area contributed by atoms with Crippen LogP contribution >= 0.6 is 11.6 Å². The van der Waals surface area contributed by atoms with E-state index in [0.717, 1.165) is 5.56 Å². The maximum Gasteiger partial charge on any atom is 0.239 e. The smallest absolute Gasteiger partial charge is 0.239 e. The van der Waals surface area contributed by atoms with E-state index >= 15 is 0 Å². The summed E-state index contributed by atoms with van der Waals surface area (Å²) in [4.78, 5) is 14.3. The van der Waals surface area contributed by atoms with Crippen LogP contribution in [0.4, 0.5) is 0 Å². The molecule has 5 nitrogen and oxygen atoms in total. The van der Waals surface area contributed by atoms with Crippen molar-refractivity contribution in [2.45, 2.75) is 19.0 Å². The van der Waals surface area contributed by atoms with Crippen LogP contribution in [0.25, 0.3) is 0 Å². The average molecular weight is 312 g/mol. The number of hydrogen-bond acceptors (Lipinski definition) is 4. The van der Waals surface area contributed by atoms with Crippen molar-refractivity contribution in [3.05, 3.63) is 34.9 Å². The van der Waals surface area contributed by atoms with Crippen molar-refractivity contribution in [2.75, 3.05) is 32.8 Å². The summed E-state index contributed by atoms with van der Waals surface area (Å²) in [5, 5.41) is 3.55. The zero-order valence-corrected chi connectivity index (χ0v) is 13.0. The van der Waals surface area contributed by atoms with Gasteiger partial charge in [0, 0.05) is 30.7 Å². The molecule has 6 heteroatoms. The second-order valence-electron chi connectivity index (χ2n) is 5.03. The highest BCUT2D eigenvalue weighted by molar-refractivity contribution is 6.30. The summed E-state index contributed by atoms with van der Waals surface area (Å²) >= 11 is 5.94. The van der Waals surface area contributed by atoms with Gasteiger partial charge < -0.3 is 15.8 Å². The summed E-state index contributed by atoms with van der Waals surface area (Å²) in [6.07, 6.45) is 0. The Balaban J connectivity index is 2.20. The van der Waals surface area contributed by atoms with Gasteiger partial charge in [0.05, 0.1) is 13.2 Å². The van der Waals surface area contributed by atoms with Gasteiger partial charge in [0.15, 0.2) is 0 Å². The molecule has 1 aliphatic rings. The molecule has 2 rings (SSSR count). The van der Waals surface area contributed by atoms with E-state index in [0.29, 0.717) is 37.9 Å². The van der Waals surface area contributed by atoms with Crippen LogP contribution in [0.15, 0.2) is 24.3 Å². The minimum absolute atomic E-state index is 0.00962. The monoisotopic (exact) mass is 311 g/mol. The Morgan fingerprint density at radius 1 is 1.52 bits per heavy atom. The normalized spacial score (nSPS) is 21.0. The summed E-state index contributed by atoms with van der Waals surface area (Å²) in [5.74, 6) is -0.00962. The Labute approximate surface area is 130 Å². The van der Waals surface area contributed by atoms with Crippen LogP contribution in [0.2, 0.25) is 5.02 Å². The van der Waals surface area contributed by atoms with E-state index in [1.54, 1.807) is 0 Å². The first-order valence-corrected chi connectivity index (χ1v) is 7.62. The number of carbonyl (C=O) groups is 1. The zero-order chi connectivity index (χ0) is 15.2. The molecule has 1 fully saturated rings. The Morgan fingerprint density at radius 2 is 2.24 bits per heavy atom. The number of likely N-dealkylation sites (N-methyl/N-ethyl adjacent to an activating group) is 1. The molecule has 1 aliphatic heterocycles. The SMILES string of the molecule is CCNC(=O)C1COCCN1C(CN)c1ccc(Cl)cc1. The first-order valence-electron chi connectivity index (χ1n) is 7.24. The molecule has 0 bridgehead atoms. The lowest BCUT2D eigenvalue weighted by molar-refractivity contribution is -0.134. The van der Waals surface area contributed by atoms with Gasteiger partial charge in [-0.3, -0.25) is 9.69 Å². The van der Waals surface area contributed by atoms with Crippen molar-refractivity contribution in [3.63, 3.8) is 0 Å². The molecule has 116 valence electrons. The molecule has 0 radical (unpaired) electrons. The number of ether oxygens (including phenoxy) is 1. The van der Waals surface area contributed by atoms with Crippen LogP contribution in [-0.2, 0) is 9.53 Å². The molecular weight excluding hydrogens is 290 g/mol. The maximum atomic E-state index is 12.2.